The summed E-state index contributed by atoms with van der Waals surface area (Å²) >= 11 is 0. The SMILES string of the molecule is CCc1cc(C(CC(C)C)NN)n(CC)n1. The zero-order valence-corrected chi connectivity index (χ0v) is 10.8. The molecule has 0 saturated carbocycles. The highest BCUT2D eigenvalue weighted by Gasteiger charge is 2.17. The van der Waals surface area contributed by atoms with Crippen LogP contribution >= 0.6 is 0 Å². The van der Waals surface area contributed by atoms with Crippen molar-refractivity contribution in [3.63, 3.8) is 0 Å². The summed E-state index contributed by atoms with van der Waals surface area (Å²) in [6, 6.07) is 2.36. The first kappa shape index (κ1) is 13.2. The summed E-state index contributed by atoms with van der Waals surface area (Å²) in [6.07, 6.45) is 2.00. The first-order chi connectivity index (χ1) is 7.62. The Morgan fingerprint density at radius 3 is 2.56 bits per heavy atom. The van der Waals surface area contributed by atoms with Gasteiger partial charge in [0.15, 0.2) is 0 Å². The molecule has 1 unspecified atom stereocenters. The standard InChI is InChI=1S/C12H24N4/c1-5-10-8-12(16(6-2)15-10)11(14-13)7-9(3)4/h8-9,11,14H,5-7,13H2,1-4H3. The minimum absolute atomic E-state index is 0.202. The van der Waals surface area contributed by atoms with Gasteiger partial charge >= 0.3 is 0 Å². The maximum atomic E-state index is 5.64. The van der Waals surface area contributed by atoms with Crippen LogP contribution in [0.4, 0.5) is 0 Å². The van der Waals surface area contributed by atoms with Gasteiger partial charge < -0.3 is 0 Å². The number of hydrazine groups is 1. The van der Waals surface area contributed by atoms with Crippen LogP contribution in [0, 0.1) is 5.92 Å². The lowest BCUT2D eigenvalue weighted by molar-refractivity contribution is 0.410. The van der Waals surface area contributed by atoms with E-state index in [2.05, 4.69) is 44.3 Å². The van der Waals surface area contributed by atoms with Gasteiger partial charge in [0.2, 0.25) is 0 Å². The second-order valence-electron chi connectivity index (χ2n) is 4.58. The molecule has 1 heterocycles. The van der Waals surface area contributed by atoms with E-state index < -0.39 is 0 Å². The molecule has 92 valence electrons. The van der Waals surface area contributed by atoms with Crippen molar-refractivity contribution < 1.29 is 0 Å². The van der Waals surface area contributed by atoms with Crippen molar-refractivity contribution in [3.05, 3.63) is 17.5 Å². The second-order valence-corrected chi connectivity index (χ2v) is 4.58. The summed E-state index contributed by atoms with van der Waals surface area (Å²) in [6.45, 7) is 9.54. The molecule has 1 aromatic rings. The number of hydrogen-bond acceptors (Lipinski definition) is 3. The Labute approximate surface area is 98.2 Å². The number of nitrogens with one attached hydrogen (secondary N) is 1. The molecule has 1 atom stereocenters. The fraction of sp³-hybridized carbons (Fsp3) is 0.750. The van der Waals surface area contributed by atoms with Crippen LogP contribution in [-0.4, -0.2) is 9.78 Å². The molecule has 0 saturated heterocycles. The van der Waals surface area contributed by atoms with Crippen LogP contribution in [-0.2, 0) is 13.0 Å². The van der Waals surface area contributed by atoms with Crippen molar-refractivity contribution in [2.24, 2.45) is 11.8 Å². The van der Waals surface area contributed by atoms with Crippen LogP contribution in [0.1, 0.15) is 51.5 Å². The van der Waals surface area contributed by atoms with Crippen LogP contribution < -0.4 is 11.3 Å². The van der Waals surface area contributed by atoms with E-state index in [0.29, 0.717) is 5.92 Å². The number of rotatable bonds is 6. The van der Waals surface area contributed by atoms with Gasteiger partial charge in [0.25, 0.3) is 0 Å². The third-order valence-corrected chi connectivity index (χ3v) is 2.79. The number of hydrogen-bond donors (Lipinski definition) is 2. The van der Waals surface area contributed by atoms with Crippen molar-refractivity contribution in [2.75, 3.05) is 0 Å². The van der Waals surface area contributed by atoms with Gasteiger partial charge in [-0.15, -0.1) is 0 Å². The highest BCUT2D eigenvalue weighted by atomic mass is 15.3. The molecule has 0 spiro atoms. The smallest absolute Gasteiger partial charge is 0.0631 e. The molecule has 1 aromatic heterocycles. The molecule has 0 aliphatic heterocycles. The van der Waals surface area contributed by atoms with Gasteiger partial charge in [-0.1, -0.05) is 20.8 Å². The third-order valence-electron chi connectivity index (χ3n) is 2.79. The minimum Gasteiger partial charge on any atom is -0.271 e. The Morgan fingerprint density at radius 1 is 1.44 bits per heavy atom. The predicted octanol–water partition coefficient (Wildman–Crippen LogP) is 2.02. The molecule has 3 N–H and O–H groups in total. The van der Waals surface area contributed by atoms with Crippen molar-refractivity contribution in [1.29, 1.82) is 0 Å². The van der Waals surface area contributed by atoms with E-state index >= 15 is 0 Å². The van der Waals surface area contributed by atoms with E-state index in [4.69, 9.17) is 5.84 Å². The highest BCUT2D eigenvalue weighted by molar-refractivity contribution is 5.14. The van der Waals surface area contributed by atoms with E-state index in [9.17, 15) is 0 Å². The zero-order valence-electron chi connectivity index (χ0n) is 10.8. The van der Waals surface area contributed by atoms with Crippen molar-refractivity contribution in [2.45, 2.75) is 53.1 Å². The molecule has 16 heavy (non-hydrogen) atoms. The summed E-state index contributed by atoms with van der Waals surface area (Å²) in [4.78, 5) is 0. The Kier molecular flexibility index (Phi) is 4.96. The maximum absolute atomic E-state index is 5.64. The van der Waals surface area contributed by atoms with Crippen molar-refractivity contribution in [3.8, 4) is 0 Å². The lowest BCUT2D eigenvalue weighted by Crippen LogP contribution is -2.30. The summed E-state index contributed by atoms with van der Waals surface area (Å²) in [7, 11) is 0. The molecule has 0 amide bonds. The molecule has 0 radical (unpaired) electrons. The lowest BCUT2D eigenvalue weighted by atomic mass is 10.0. The van der Waals surface area contributed by atoms with Crippen LogP contribution in [0.3, 0.4) is 0 Å². The van der Waals surface area contributed by atoms with E-state index in [-0.39, 0.29) is 6.04 Å². The topological polar surface area (TPSA) is 55.9 Å². The largest absolute Gasteiger partial charge is 0.271 e. The van der Waals surface area contributed by atoms with E-state index in [1.807, 2.05) is 4.68 Å². The first-order valence-corrected chi connectivity index (χ1v) is 6.15. The fourth-order valence-electron chi connectivity index (χ4n) is 1.94. The van der Waals surface area contributed by atoms with Gasteiger partial charge in [0.1, 0.15) is 0 Å². The summed E-state index contributed by atoms with van der Waals surface area (Å²) in [5.74, 6) is 6.25. The fourth-order valence-corrected chi connectivity index (χ4v) is 1.94. The van der Waals surface area contributed by atoms with Gasteiger partial charge in [0, 0.05) is 6.54 Å². The van der Waals surface area contributed by atoms with E-state index in [1.54, 1.807) is 0 Å². The van der Waals surface area contributed by atoms with Crippen LogP contribution in [0.25, 0.3) is 0 Å². The Morgan fingerprint density at radius 2 is 2.12 bits per heavy atom. The molecule has 4 nitrogen and oxygen atoms in total. The minimum atomic E-state index is 0.202. The maximum Gasteiger partial charge on any atom is 0.0631 e. The molecule has 1 rings (SSSR count). The van der Waals surface area contributed by atoms with Crippen molar-refractivity contribution >= 4 is 0 Å². The van der Waals surface area contributed by atoms with Gasteiger partial charge in [-0.25, -0.2) is 0 Å². The molecule has 0 aliphatic carbocycles. The molecule has 4 heteroatoms. The van der Waals surface area contributed by atoms with E-state index in [1.165, 1.54) is 5.69 Å². The Hall–Kier alpha value is -0.870. The lowest BCUT2D eigenvalue weighted by Gasteiger charge is -2.18. The monoisotopic (exact) mass is 224 g/mol. The average molecular weight is 224 g/mol. The highest BCUT2D eigenvalue weighted by Crippen LogP contribution is 2.21. The molecule has 0 bridgehead atoms. The normalized spacial score (nSPS) is 13.4. The quantitative estimate of drug-likeness (QED) is 0.574. The number of aromatic nitrogens is 2. The van der Waals surface area contributed by atoms with Gasteiger partial charge in [-0.3, -0.25) is 16.0 Å². The Balaban J connectivity index is 2.93. The van der Waals surface area contributed by atoms with Crippen LogP contribution in [0.15, 0.2) is 6.07 Å². The van der Waals surface area contributed by atoms with Crippen molar-refractivity contribution in [1.82, 2.24) is 15.2 Å². The first-order valence-electron chi connectivity index (χ1n) is 6.15. The number of aryl methyl sites for hydroxylation is 2. The molecular formula is C12H24N4. The molecule has 0 aliphatic rings. The number of nitrogens with zero attached hydrogens (tertiary/aromatic N) is 2. The molecule has 0 aromatic carbocycles. The van der Waals surface area contributed by atoms with Crippen LogP contribution in [0.2, 0.25) is 0 Å². The average Bonchev–Trinajstić information content (AvgIpc) is 2.68. The number of nitrogens with two attached hydrogens (primary N) is 1. The summed E-state index contributed by atoms with van der Waals surface area (Å²) < 4.78 is 2.05. The van der Waals surface area contributed by atoms with Crippen LogP contribution in [0.5, 0.6) is 0 Å². The van der Waals surface area contributed by atoms with E-state index in [0.717, 1.165) is 25.1 Å². The summed E-state index contributed by atoms with van der Waals surface area (Å²) in [5.41, 5.74) is 5.24. The summed E-state index contributed by atoms with van der Waals surface area (Å²) in [5, 5.41) is 4.54. The molecular weight excluding hydrogens is 200 g/mol. The Bertz CT molecular complexity index is 317. The molecule has 0 fully saturated rings. The predicted molar refractivity (Wildman–Crippen MR) is 66.8 cm³/mol. The van der Waals surface area contributed by atoms with Gasteiger partial charge in [-0.2, -0.15) is 5.10 Å². The third kappa shape index (κ3) is 3.06. The zero-order chi connectivity index (χ0) is 12.1. The van der Waals surface area contributed by atoms with Gasteiger partial charge in [0.05, 0.1) is 17.4 Å². The second kappa shape index (κ2) is 6.01. The van der Waals surface area contributed by atoms with Gasteiger partial charge in [-0.05, 0) is 31.7 Å².